The SMILES string of the molecule is CCN(CC)CCCC(C)NCc1ccccn1. The van der Waals surface area contributed by atoms with Crippen molar-refractivity contribution < 1.29 is 0 Å². The lowest BCUT2D eigenvalue weighted by atomic mass is 10.1. The van der Waals surface area contributed by atoms with E-state index in [4.69, 9.17) is 0 Å². The van der Waals surface area contributed by atoms with Gasteiger partial charge >= 0.3 is 0 Å². The first kappa shape index (κ1) is 15.1. The van der Waals surface area contributed by atoms with Crippen LogP contribution in [0.3, 0.4) is 0 Å². The first-order valence-corrected chi connectivity index (χ1v) is 7.11. The molecule has 1 atom stereocenters. The molecule has 1 N–H and O–H groups in total. The van der Waals surface area contributed by atoms with Gasteiger partial charge in [0.15, 0.2) is 0 Å². The second-order valence-electron chi connectivity index (χ2n) is 4.77. The van der Waals surface area contributed by atoms with Gasteiger partial charge in [0.05, 0.1) is 5.69 Å². The maximum Gasteiger partial charge on any atom is 0.0541 e. The lowest BCUT2D eigenvalue weighted by Crippen LogP contribution is -2.29. The predicted octanol–water partition coefficient (Wildman–Crippen LogP) is 2.68. The summed E-state index contributed by atoms with van der Waals surface area (Å²) in [5, 5.41) is 3.53. The number of hydrogen-bond acceptors (Lipinski definition) is 3. The Labute approximate surface area is 112 Å². The van der Waals surface area contributed by atoms with Crippen LogP contribution in [0.5, 0.6) is 0 Å². The Balaban J connectivity index is 2.12. The van der Waals surface area contributed by atoms with Crippen molar-refractivity contribution in [3.8, 4) is 0 Å². The zero-order valence-corrected chi connectivity index (χ0v) is 12.0. The largest absolute Gasteiger partial charge is 0.309 e. The van der Waals surface area contributed by atoms with Crippen molar-refractivity contribution in [2.45, 2.75) is 46.2 Å². The minimum Gasteiger partial charge on any atom is -0.309 e. The van der Waals surface area contributed by atoms with E-state index in [1.54, 1.807) is 0 Å². The first-order chi connectivity index (χ1) is 8.76. The van der Waals surface area contributed by atoms with Gasteiger partial charge in [-0.3, -0.25) is 4.98 Å². The summed E-state index contributed by atoms with van der Waals surface area (Å²) in [5.41, 5.74) is 1.12. The average molecular weight is 249 g/mol. The molecule has 0 saturated carbocycles. The Hall–Kier alpha value is -0.930. The standard InChI is InChI=1S/C15H27N3/c1-4-18(5-2)12-8-9-14(3)17-13-15-10-6-7-11-16-15/h6-7,10-11,14,17H,4-5,8-9,12-13H2,1-3H3. The molecule has 1 aromatic rings. The number of hydrogen-bond donors (Lipinski definition) is 1. The third-order valence-electron chi connectivity index (χ3n) is 3.36. The van der Waals surface area contributed by atoms with Gasteiger partial charge < -0.3 is 10.2 Å². The van der Waals surface area contributed by atoms with Gasteiger partial charge in [-0.25, -0.2) is 0 Å². The molecule has 18 heavy (non-hydrogen) atoms. The molecule has 3 heteroatoms. The van der Waals surface area contributed by atoms with Crippen LogP contribution in [-0.2, 0) is 6.54 Å². The van der Waals surface area contributed by atoms with Gasteiger partial charge in [-0.1, -0.05) is 19.9 Å². The summed E-state index contributed by atoms with van der Waals surface area (Å²) in [6, 6.07) is 6.62. The maximum absolute atomic E-state index is 4.32. The fraction of sp³-hybridized carbons (Fsp3) is 0.667. The monoisotopic (exact) mass is 249 g/mol. The fourth-order valence-electron chi connectivity index (χ4n) is 2.04. The summed E-state index contributed by atoms with van der Waals surface area (Å²) >= 11 is 0. The normalized spacial score (nSPS) is 12.9. The van der Waals surface area contributed by atoms with E-state index in [9.17, 15) is 0 Å². The highest BCUT2D eigenvalue weighted by molar-refractivity contribution is 5.02. The number of aromatic nitrogens is 1. The molecule has 0 aliphatic rings. The molecule has 0 radical (unpaired) electrons. The van der Waals surface area contributed by atoms with Gasteiger partial charge in [-0.15, -0.1) is 0 Å². The molecular weight excluding hydrogens is 222 g/mol. The molecule has 0 aliphatic heterocycles. The Morgan fingerprint density at radius 2 is 2.06 bits per heavy atom. The summed E-state index contributed by atoms with van der Waals surface area (Å²) in [4.78, 5) is 6.79. The quantitative estimate of drug-likeness (QED) is 0.729. The van der Waals surface area contributed by atoms with Crippen molar-refractivity contribution >= 4 is 0 Å². The van der Waals surface area contributed by atoms with Crippen LogP contribution in [0.2, 0.25) is 0 Å². The van der Waals surface area contributed by atoms with Crippen molar-refractivity contribution in [1.82, 2.24) is 15.2 Å². The van der Waals surface area contributed by atoms with Gasteiger partial charge in [0.25, 0.3) is 0 Å². The minimum atomic E-state index is 0.558. The molecule has 0 aromatic carbocycles. The van der Waals surface area contributed by atoms with Crippen molar-refractivity contribution in [3.05, 3.63) is 30.1 Å². The van der Waals surface area contributed by atoms with Crippen LogP contribution in [0.1, 0.15) is 39.3 Å². The second kappa shape index (κ2) is 9.06. The topological polar surface area (TPSA) is 28.2 Å². The van der Waals surface area contributed by atoms with E-state index in [2.05, 4.69) is 42.0 Å². The van der Waals surface area contributed by atoms with Crippen LogP contribution in [0, 0.1) is 0 Å². The smallest absolute Gasteiger partial charge is 0.0541 e. The minimum absolute atomic E-state index is 0.558. The van der Waals surface area contributed by atoms with Crippen molar-refractivity contribution in [2.75, 3.05) is 19.6 Å². The van der Waals surface area contributed by atoms with E-state index in [0.717, 1.165) is 25.3 Å². The van der Waals surface area contributed by atoms with Crippen LogP contribution in [0.15, 0.2) is 24.4 Å². The lowest BCUT2D eigenvalue weighted by molar-refractivity contribution is 0.290. The van der Waals surface area contributed by atoms with E-state index in [1.165, 1.54) is 19.4 Å². The summed E-state index contributed by atoms with van der Waals surface area (Å²) in [6.07, 6.45) is 4.34. The van der Waals surface area contributed by atoms with Gasteiger partial charge in [0, 0.05) is 18.8 Å². The average Bonchev–Trinajstić information content (AvgIpc) is 2.42. The molecule has 0 spiro atoms. The molecule has 0 amide bonds. The van der Waals surface area contributed by atoms with Crippen molar-refractivity contribution in [3.63, 3.8) is 0 Å². The molecule has 1 heterocycles. The Morgan fingerprint density at radius 1 is 1.28 bits per heavy atom. The van der Waals surface area contributed by atoms with E-state index in [0.29, 0.717) is 6.04 Å². The van der Waals surface area contributed by atoms with Crippen molar-refractivity contribution in [1.29, 1.82) is 0 Å². The summed E-state index contributed by atoms with van der Waals surface area (Å²) in [5.74, 6) is 0. The van der Waals surface area contributed by atoms with Gasteiger partial charge in [0.2, 0.25) is 0 Å². The molecule has 0 saturated heterocycles. The highest BCUT2D eigenvalue weighted by atomic mass is 15.1. The van der Waals surface area contributed by atoms with Crippen molar-refractivity contribution in [2.24, 2.45) is 0 Å². The molecule has 1 aromatic heterocycles. The molecule has 0 bridgehead atoms. The third-order valence-corrected chi connectivity index (χ3v) is 3.36. The highest BCUT2D eigenvalue weighted by Gasteiger charge is 2.04. The summed E-state index contributed by atoms with van der Waals surface area (Å²) < 4.78 is 0. The van der Waals surface area contributed by atoms with Crippen LogP contribution in [0.25, 0.3) is 0 Å². The van der Waals surface area contributed by atoms with Crippen LogP contribution >= 0.6 is 0 Å². The van der Waals surface area contributed by atoms with E-state index >= 15 is 0 Å². The van der Waals surface area contributed by atoms with Crippen LogP contribution in [0.4, 0.5) is 0 Å². The number of rotatable bonds is 9. The third kappa shape index (κ3) is 6.12. The number of pyridine rings is 1. The maximum atomic E-state index is 4.32. The first-order valence-electron chi connectivity index (χ1n) is 7.11. The number of nitrogens with one attached hydrogen (secondary N) is 1. The summed E-state index contributed by atoms with van der Waals surface area (Å²) in [7, 11) is 0. The van der Waals surface area contributed by atoms with E-state index < -0.39 is 0 Å². The molecule has 102 valence electrons. The van der Waals surface area contributed by atoms with E-state index in [-0.39, 0.29) is 0 Å². The van der Waals surface area contributed by atoms with Gasteiger partial charge in [0.1, 0.15) is 0 Å². The Morgan fingerprint density at radius 3 is 2.67 bits per heavy atom. The molecule has 3 nitrogen and oxygen atoms in total. The number of nitrogens with zero attached hydrogens (tertiary/aromatic N) is 2. The van der Waals surface area contributed by atoms with E-state index in [1.807, 2.05) is 18.3 Å². The molecule has 1 unspecified atom stereocenters. The Bertz CT molecular complexity index is 296. The molecular formula is C15H27N3. The second-order valence-corrected chi connectivity index (χ2v) is 4.77. The van der Waals surface area contributed by atoms with Gasteiger partial charge in [-0.05, 0) is 51.5 Å². The lowest BCUT2D eigenvalue weighted by Gasteiger charge is -2.19. The predicted molar refractivity (Wildman–Crippen MR) is 77.6 cm³/mol. The Kier molecular flexibility index (Phi) is 7.62. The van der Waals surface area contributed by atoms with Crippen LogP contribution < -0.4 is 5.32 Å². The van der Waals surface area contributed by atoms with Gasteiger partial charge in [-0.2, -0.15) is 0 Å². The molecule has 0 aliphatic carbocycles. The molecule has 0 fully saturated rings. The van der Waals surface area contributed by atoms with Crippen LogP contribution in [-0.4, -0.2) is 35.6 Å². The molecule has 1 rings (SSSR count). The fourth-order valence-corrected chi connectivity index (χ4v) is 2.04. The highest BCUT2D eigenvalue weighted by Crippen LogP contribution is 2.01. The summed E-state index contributed by atoms with van der Waals surface area (Å²) in [6.45, 7) is 11.1. The zero-order chi connectivity index (χ0) is 13.2. The zero-order valence-electron chi connectivity index (χ0n) is 12.0.